The summed E-state index contributed by atoms with van der Waals surface area (Å²) >= 11 is 1.13. The van der Waals surface area contributed by atoms with Gasteiger partial charge in [0.2, 0.25) is 5.75 Å². The summed E-state index contributed by atoms with van der Waals surface area (Å²) in [7, 11) is 1.42. The van der Waals surface area contributed by atoms with E-state index in [1.54, 1.807) is 0 Å². The average Bonchev–Trinajstić information content (AvgIpc) is 2.72. The fraction of sp³-hybridized carbons (Fsp3) is 0.238. The van der Waals surface area contributed by atoms with Gasteiger partial charge in [0, 0.05) is 12.8 Å². The van der Waals surface area contributed by atoms with E-state index in [1.807, 2.05) is 0 Å². The van der Waals surface area contributed by atoms with Crippen molar-refractivity contribution < 1.29 is 31.1 Å². The molecule has 0 atom stereocenters. The smallest absolute Gasteiger partial charge is 0.416 e. The Labute approximate surface area is 182 Å². The van der Waals surface area contributed by atoms with Gasteiger partial charge < -0.3 is 4.74 Å². The summed E-state index contributed by atoms with van der Waals surface area (Å²) in [6, 6.07) is 8.75. The summed E-state index contributed by atoms with van der Waals surface area (Å²) in [5, 5.41) is 0.281. The molecule has 0 amide bonds. The molecule has 0 bridgehead atoms. The number of ether oxygens (including phenoxy) is 1. The molecule has 0 fully saturated rings. The fourth-order valence-corrected chi connectivity index (χ4v) is 3.67. The molecule has 0 aliphatic carbocycles. The Kier molecular flexibility index (Phi) is 6.59. The maximum Gasteiger partial charge on any atom is 0.416 e. The quantitative estimate of drug-likeness (QED) is 0.251. The first-order valence-corrected chi connectivity index (χ1v) is 10.1. The molecule has 0 N–H and O–H groups in total. The van der Waals surface area contributed by atoms with Gasteiger partial charge in [0.25, 0.3) is 5.56 Å². The highest BCUT2D eigenvalue weighted by Crippen LogP contribution is 2.33. The normalized spacial score (nSPS) is 12.1. The van der Waals surface area contributed by atoms with Crippen LogP contribution in [0.1, 0.15) is 22.4 Å². The standard InChI is InChI=1S/C21H16F6N2O2S/c1-12-17(31-16-5-3-4-15(10-16)21(25,26)27)18(30)29(2)19(28-12)32-11-13-6-8-14(9-7-13)20(22,23)24/h3-10H,11H2,1-2H3. The summed E-state index contributed by atoms with van der Waals surface area (Å²) in [5.74, 6) is -0.121. The first-order chi connectivity index (χ1) is 14.9. The Balaban J connectivity index is 1.79. The predicted molar refractivity (Wildman–Crippen MR) is 107 cm³/mol. The summed E-state index contributed by atoms with van der Waals surface area (Å²) in [4.78, 5) is 17.0. The first-order valence-electron chi connectivity index (χ1n) is 9.08. The van der Waals surface area contributed by atoms with E-state index in [0.29, 0.717) is 5.56 Å². The topological polar surface area (TPSA) is 44.1 Å². The van der Waals surface area contributed by atoms with Gasteiger partial charge in [-0.15, -0.1) is 0 Å². The average molecular weight is 474 g/mol. The van der Waals surface area contributed by atoms with Gasteiger partial charge in [-0.25, -0.2) is 4.98 Å². The van der Waals surface area contributed by atoms with E-state index in [9.17, 15) is 31.1 Å². The molecule has 0 saturated heterocycles. The minimum Gasteiger partial charge on any atom is -0.450 e. The third kappa shape index (κ3) is 5.45. The van der Waals surface area contributed by atoms with Gasteiger partial charge >= 0.3 is 12.4 Å². The molecule has 11 heteroatoms. The van der Waals surface area contributed by atoms with Crippen molar-refractivity contribution in [3.63, 3.8) is 0 Å². The maximum atomic E-state index is 12.9. The number of nitrogens with zero attached hydrogens (tertiary/aromatic N) is 2. The van der Waals surface area contributed by atoms with Gasteiger partial charge in [-0.3, -0.25) is 9.36 Å². The molecule has 170 valence electrons. The highest BCUT2D eigenvalue weighted by atomic mass is 32.2. The van der Waals surface area contributed by atoms with E-state index in [2.05, 4.69) is 4.98 Å². The van der Waals surface area contributed by atoms with Crippen LogP contribution in [0.25, 0.3) is 0 Å². The zero-order valence-electron chi connectivity index (χ0n) is 16.7. The number of hydrogen-bond acceptors (Lipinski definition) is 4. The second-order valence-corrected chi connectivity index (χ2v) is 7.73. The molecular formula is C21H16F6N2O2S. The third-order valence-corrected chi connectivity index (χ3v) is 5.51. The van der Waals surface area contributed by atoms with Crippen molar-refractivity contribution in [1.29, 1.82) is 0 Å². The minimum absolute atomic E-state index is 0.160. The van der Waals surface area contributed by atoms with Crippen LogP contribution in [0.3, 0.4) is 0 Å². The van der Waals surface area contributed by atoms with Crippen LogP contribution in [-0.2, 0) is 25.2 Å². The lowest BCUT2D eigenvalue weighted by atomic mass is 10.1. The molecule has 2 aromatic carbocycles. The highest BCUT2D eigenvalue weighted by Gasteiger charge is 2.31. The number of hydrogen-bond donors (Lipinski definition) is 0. The second-order valence-electron chi connectivity index (χ2n) is 6.78. The van der Waals surface area contributed by atoms with Crippen LogP contribution in [0, 0.1) is 6.92 Å². The van der Waals surface area contributed by atoms with Crippen molar-refractivity contribution in [2.75, 3.05) is 0 Å². The lowest BCUT2D eigenvalue weighted by molar-refractivity contribution is -0.138. The van der Waals surface area contributed by atoms with Crippen molar-refractivity contribution in [2.45, 2.75) is 30.2 Å². The van der Waals surface area contributed by atoms with Crippen molar-refractivity contribution in [3.8, 4) is 11.5 Å². The van der Waals surface area contributed by atoms with Crippen molar-refractivity contribution >= 4 is 11.8 Å². The summed E-state index contributed by atoms with van der Waals surface area (Å²) in [6.45, 7) is 1.48. The summed E-state index contributed by atoms with van der Waals surface area (Å²) < 4.78 is 83.3. The van der Waals surface area contributed by atoms with Gasteiger partial charge in [-0.05, 0) is 42.8 Å². The number of aryl methyl sites for hydroxylation is 1. The van der Waals surface area contributed by atoms with Crippen LogP contribution in [0.5, 0.6) is 11.5 Å². The number of rotatable bonds is 5. The number of halogens is 6. The zero-order chi connectivity index (χ0) is 23.7. The molecular weight excluding hydrogens is 458 g/mol. The van der Waals surface area contributed by atoms with Crippen LogP contribution >= 0.6 is 11.8 Å². The molecule has 3 rings (SSSR count). The molecule has 0 aliphatic heterocycles. The first kappa shape index (κ1) is 23.7. The minimum atomic E-state index is -4.56. The highest BCUT2D eigenvalue weighted by molar-refractivity contribution is 7.98. The van der Waals surface area contributed by atoms with Crippen LogP contribution in [-0.4, -0.2) is 9.55 Å². The summed E-state index contributed by atoms with van der Waals surface area (Å²) in [6.07, 6.45) is -8.99. The van der Waals surface area contributed by atoms with E-state index in [-0.39, 0.29) is 28.1 Å². The molecule has 3 aromatic rings. The maximum absolute atomic E-state index is 12.9. The Morgan fingerprint density at radius 3 is 2.19 bits per heavy atom. The molecule has 1 aromatic heterocycles. The SMILES string of the molecule is Cc1nc(SCc2ccc(C(F)(F)F)cc2)n(C)c(=O)c1Oc1cccc(C(F)(F)F)c1. The van der Waals surface area contributed by atoms with Gasteiger partial charge in [0.15, 0.2) is 5.16 Å². The zero-order valence-corrected chi connectivity index (χ0v) is 17.5. The van der Waals surface area contributed by atoms with Gasteiger partial charge in [-0.1, -0.05) is 30.0 Å². The van der Waals surface area contributed by atoms with E-state index < -0.39 is 29.0 Å². The van der Waals surface area contributed by atoms with Crippen molar-refractivity contribution in [3.05, 3.63) is 81.3 Å². The molecule has 1 heterocycles. The van der Waals surface area contributed by atoms with Gasteiger partial charge in [0.1, 0.15) is 5.75 Å². The Morgan fingerprint density at radius 2 is 1.59 bits per heavy atom. The monoisotopic (exact) mass is 474 g/mol. The Morgan fingerprint density at radius 1 is 0.969 bits per heavy atom. The van der Waals surface area contributed by atoms with E-state index in [0.717, 1.165) is 36.0 Å². The van der Waals surface area contributed by atoms with E-state index in [4.69, 9.17) is 4.74 Å². The molecule has 0 spiro atoms. The lowest BCUT2D eigenvalue weighted by Gasteiger charge is -2.14. The number of benzene rings is 2. The predicted octanol–water partition coefficient (Wildman–Crippen LogP) is 6.21. The van der Waals surface area contributed by atoms with Gasteiger partial charge in [0.05, 0.1) is 16.8 Å². The summed E-state index contributed by atoms with van der Waals surface area (Å²) in [5.41, 5.74) is -1.52. The van der Waals surface area contributed by atoms with Crippen LogP contribution < -0.4 is 10.3 Å². The van der Waals surface area contributed by atoms with Crippen LogP contribution in [0.4, 0.5) is 26.3 Å². The van der Waals surface area contributed by atoms with Crippen LogP contribution in [0.2, 0.25) is 0 Å². The lowest BCUT2D eigenvalue weighted by Crippen LogP contribution is -2.22. The Bertz CT molecular complexity index is 1170. The largest absolute Gasteiger partial charge is 0.450 e. The van der Waals surface area contributed by atoms with E-state index >= 15 is 0 Å². The fourth-order valence-electron chi connectivity index (χ4n) is 2.70. The molecule has 0 aliphatic rings. The van der Waals surface area contributed by atoms with Crippen LogP contribution in [0.15, 0.2) is 58.5 Å². The number of thioether (sulfide) groups is 1. The second kappa shape index (κ2) is 8.89. The molecule has 0 unspecified atom stereocenters. The van der Waals surface area contributed by atoms with Gasteiger partial charge in [-0.2, -0.15) is 26.3 Å². The van der Waals surface area contributed by atoms with Crippen molar-refractivity contribution in [1.82, 2.24) is 9.55 Å². The molecule has 32 heavy (non-hydrogen) atoms. The van der Waals surface area contributed by atoms with Crippen molar-refractivity contribution in [2.24, 2.45) is 7.05 Å². The molecule has 0 saturated carbocycles. The number of alkyl halides is 6. The van der Waals surface area contributed by atoms with E-state index in [1.165, 1.54) is 42.8 Å². The third-order valence-electron chi connectivity index (χ3n) is 4.41. The molecule has 0 radical (unpaired) electrons. The Hall–Kier alpha value is -2.95. The number of aromatic nitrogens is 2. The molecule has 4 nitrogen and oxygen atoms in total.